The maximum Gasteiger partial charge on any atom is 0.410 e. The molecule has 0 spiro atoms. The van der Waals surface area contributed by atoms with Crippen molar-refractivity contribution in [1.82, 2.24) is 4.90 Å². The van der Waals surface area contributed by atoms with E-state index in [-0.39, 0.29) is 18.3 Å². The van der Waals surface area contributed by atoms with Crippen molar-refractivity contribution in [1.29, 1.82) is 5.26 Å². The quantitative estimate of drug-likeness (QED) is 0.866. The number of rotatable bonds is 3. The third kappa shape index (κ3) is 4.41. The number of carbonyl (C=O) groups is 1. The van der Waals surface area contributed by atoms with E-state index in [0.717, 1.165) is 4.90 Å². The highest BCUT2D eigenvalue weighted by atomic mass is 32.2. The predicted molar refractivity (Wildman–Crippen MR) is 90.6 cm³/mol. The van der Waals surface area contributed by atoms with Gasteiger partial charge in [0.05, 0.1) is 30.0 Å². The van der Waals surface area contributed by atoms with E-state index in [2.05, 4.69) is 6.07 Å². The molecule has 1 aromatic rings. The maximum atomic E-state index is 12.2. The first kappa shape index (κ1) is 18.6. The fraction of sp³-hybridized carbons (Fsp3) is 0.529. The zero-order valence-electron chi connectivity index (χ0n) is 14.0. The van der Waals surface area contributed by atoms with Crippen LogP contribution in [0.5, 0.6) is 0 Å². The number of carbonyl (C=O) groups excluding carboxylic acids is 1. The summed E-state index contributed by atoms with van der Waals surface area (Å²) < 4.78 is 5.34. The van der Waals surface area contributed by atoms with Gasteiger partial charge in [-0.3, -0.25) is 0 Å². The SMILES string of the molecule is CC(C)(C)OC(=O)N1CC(Sc2ccc(C#N)cc2)C(O)(CO)C1. The van der Waals surface area contributed by atoms with Crippen LogP contribution in [0.2, 0.25) is 0 Å². The lowest BCUT2D eigenvalue weighted by atomic mass is 10.1. The molecule has 1 fully saturated rings. The summed E-state index contributed by atoms with van der Waals surface area (Å²) >= 11 is 1.37. The molecule has 7 heteroatoms. The average Bonchev–Trinajstić information content (AvgIpc) is 2.84. The van der Waals surface area contributed by atoms with E-state index < -0.39 is 23.9 Å². The van der Waals surface area contributed by atoms with Crippen LogP contribution in [0.1, 0.15) is 26.3 Å². The molecule has 0 radical (unpaired) electrons. The molecule has 2 rings (SSSR count). The van der Waals surface area contributed by atoms with Crippen molar-refractivity contribution in [3.63, 3.8) is 0 Å². The van der Waals surface area contributed by atoms with Gasteiger partial charge in [-0.25, -0.2) is 4.79 Å². The van der Waals surface area contributed by atoms with Crippen molar-refractivity contribution in [2.75, 3.05) is 19.7 Å². The zero-order chi connectivity index (χ0) is 18.0. The number of aliphatic hydroxyl groups is 2. The summed E-state index contributed by atoms with van der Waals surface area (Å²) in [6, 6.07) is 9.02. The second-order valence-electron chi connectivity index (χ2n) is 6.87. The summed E-state index contributed by atoms with van der Waals surface area (Å²) in [6.07, 6.45) is -0.502. The molecule has 1 aliphatic heterocycles. The lowest BCUT2D eigenvalue weighted by Crippen LogP contribution is -2.44. The number of thioether (sulfide) groups is 1. The molecule has 2 unspecified atom stereocenters. The van der Waals surface area contributed by atoms with Crippen molar-refractivity contribution >= 4 is 17.9 Å². The molecule has 1 amide bonds. The Balaban J connectivity index is 2.10. The van der Waals surface area contributed by atoms with Gasteiger partial charge >= 0.3 is 6.09 Å². The normalized spacial score (nSPS) is 23.8. The Morgan fingerprint density at radius 1 is 1.46 bits per heavy atom. The minimum Gasteiger partial charge on any atom is -0.444 e. The highest BCUT2D eigenvalue weighted by Gasteiger charge is 2.48. The number of amides is 1. The molecular formula is C17H22N2O4S. The molecule has 2 N–H and O–H groups in total. The number of aliphatic hydroxyl groups excluding tert-OH is 1. The Morgan fingerprint density at radius 2 is 2.08 bits per heavy atom. The first-order valence-electron chi connectivity index (χ1n) is 7.65. The molecular weight excluding hydrogens is 328 g/mol. The molecule has 6 nitrogen and oxygen atoms in total. The standard InChI is InChI=1S/C17H22N2O4S/c1-16(2,3)23-15(21)19-9-14(17(22,10-19)11-20)24-13-6-4-12(8-18)5-7-13/h4-7,14,20,22H,9-11H2,1-3H3. The van der Waals surface area contributed by atoms with E-state index in [1.807, 2.05) is 0 Å². The minimum absolute atomic E-state index is 0.0202. The molecule has 0 saturated carbocycles. The lowest BCUT2D eigenvalue weighted by molar-refractivity contribution is -0.00976. The molecule has 1 saturated heterocycles. The van der Waals surface area contributed by atoms with E-state index in [1.165, 1.54) is 16.7 Å². The predicted octanol–water partition coefficient (Wildman–Crippen LogP) is 1.99. The molecule has 130 valence electrons. The lowest BCUT2D eigenvalue weighted by Gasteiger charge is -2.26. The van der Waals surface area contributed by atoms with E-state index in [1.54, 1.807) is 45.0 Å². The summed E-state index contributed by atoms with van der Waals surface area (Å²) in [5, 5.41) is 28.7. The maximum absolute atomic E-state index is 12.2. The Morgan fingerprint density at radius 3 is 2.58 bits per heavy atom. The van der Waals surface area contributed by atoms with Gasteiger partial charge < -0.3 is 19.8 Å². The van der Waals surface area contributed by atoms with Crippen molar-refractivity contribution in [2.45, 2.75) is 42.1 Å². The Bertz CT molecular complexity index is 635. The van der Waals surface area contributed by atoms with Gasteiger partial charge in [0.15, 0.2) is 0 Å². The summed E-state index contributed by atoms with van der Waals surface area (Å²) in [5.74, 6) is 0. The number of benzene rings is 1. The first-order valence-corrected chi connectivity index (χ1v) is 8.53. The summed E-state index contributed by atoms with van der Waals surface area (Å²) in [6.45, 7) is 5.19. The summed E-state index contributed by atoms with van der Waals surface area (Å²) in [4.78, 5) is 14.5. The third-order valence-corrected chi connectivity index (χ3v) is 5.05. The van der Waals surface area contributed by atoms with E-state index in [9.17, 15) is 15.0 Å². The number of likely N-dealkylation sites (tertiary alicyclic amines) is 1. The van der Waals surface area contributed by atoms with Crippen LogP contribution < -0.4 is 0 Å². The second-order valence-corrected chi connectivity index (χ2v) is 8.14. The van der Waals surface area contributed by atoms with E-state index in [0.29, 0.717) is 5.56 Å². The van der Waals surface area contributed by atoms with Gasteiger partial charge in [0.1, 0.15) is 11.2 Å². The van der Waals surface area contributed by atoms with Gasteiger partial charge in [-0.2, -0.15) is 5.26 Å². The van der Waals surface area contributed by atoms with Gasteiger partial charge in [-0.05, 0) is 45.0 Å². The Kier molecular flexibility index (Phi) is 5.43. The topological polar surface area (TPSA) is 93.8 Å². The molecule has 1 heterocycles. The van der Waals surface area contributed by atoms with Crippen molar-refractivity contribution in [2.24, 2.45) is 0 Å². The minimum atomic E-state index is -1.39. The summed E-state index contributed by atoms with van der Waals surface area (Å²) in [5.41, 5.74) is -1.46. The Labute approximate surface area is 146 Å². The molecule has 2 atom stereocenters. The highest BCUT2D eigenvalue weighted by Crippen LogP contribution is 2.36. The highest BCUT2D eigenvalue weighted by molar-refractivity contribution is 8.00. The average molecular weight is 350 g/mol. The molecule has 24 heavy (non-hydrogen) atoms. The number of nitrogens with zero attached hydrogens (tertiary/aromatic N) is 2. The molecule has 0 aliphatic carbocycles. The van der Waals surface area contributed by atoms with Gasteiger partial charge in [0, 0.05) is 11.4 Å². The number of β-amino-alcohol motifs (C(OH)–C–C–N with tert-alkyl or cyclic N) is 1. The molecule has 0 bridgehead atoms. The third-order valence-electron chi connectivity index (χ3n) is 3.64. The number of hydrogen-bond donors (Lipinski definition) is 2. The van der Waals surface area contributed by atoms with Crippen LogP contribution in [0, 0.1) is 11.3 Å². The van der Waals surface area contributed by atoms with Crippen LogP contribution in [0.3, 0.4) is 0 Å². The summed E-state index contributed by atoms with van der Waals surface area (Å²) in [7, 11) is 0. The smallest absolute Gasteiger partial charge is 0.410 e. The van der Waals surface area contributed by atoms with Crippen LogP contribution in [0.25, 0.3) is 0 Å². The first-order chi connectivity index (χ1) is 11.2. The van der Waals surface area contributed by atoms with Gasteiger partial charge in [-0.15, -0.1) is 11.8 Å². The molecule has 0 aromatic heterocycles. The van der Waals surface area contributed by atoms with Crippen LogP contribution >= 0.6 is 11.8 Å². The fourth-order valence-corrected chi connectivity index (χ4v) is 3.65. The van der Waals surface area contributed by atoms with E-state index in [4.69, 9.17) is 10.00 Å². The largest absolute Gasteiger partial charge is 0.444 e. The van der Waals surface area contributed by atoms with Gasteiger partial charge in [0.25, 0.3) is 0 Å². The van der Waals surface area contributed by atoms with Crippen molar-refractivity contribution < 1.29 is 19.7 Å². The van der Waals surface area contributed by atoms with Crippen LogP contribution in [0.15, 0.2) is 29.2 Å². The monoisotopic (exact) mass is 350 g/mol. The number of hydrogen-bond acceptors (Lipinski definition) is 6. The molecule has 1 aliphatic rings. The van der Waals surface area contributed by atoms with Crippen LogP contribution in [-0.4, -0.2) is 57.4 Å². The second kappa shape index (κ2) is 7.01. The number of ether oxygens (including phenoxy) is 1. The number of nitriles is 1. The van der Waals surface area contributed by atoms with Crippen molar-refractivity contribution in [3.8, 4) is 6.07 Å². The van der Waals surface area contributed by atoms with Crippen LogP contribution in [0.4, 0.5) is 4.79 Å². The zero-order valence-corrected chi connectivity index (χ0v) is 14.8. The fourth-order valence-electron chi connectivity index (χ4n) is 2.40. The van der Waals surface area contributed by atoms with Crippen LogP contribution in [-0.2, 0) is 4.74 Å². The van der Waals surface area contributed by atoms with E-state index >= 15 is 0 Å². The van der Waals surface area contributed by atoms with Crippen molar-refractivity contribution in [3.05, 3.63) is 29.8 Å². The van der Waals surface area contributed by atoms with Gasteiger partial charge in [0.2, 0.25) is 0 Å². The Hall–Kier alpha value is -1.75. The molecule has 1 aromatic carbocycles. The van der Waals surface area contributed by atoms with Gasteiger partial charge in [-0.1, -0.05) is 0 Å².